The average Bonchev–Trinajstić information content (AvgIpc) is 3.40. The Morgan fingerprint density at radius 1 is 1.10 bits per heavy atom. The SMILES string of the molecule is O=c1[nH]c2ccc(C3=CC(CCN4CCC(Cc5ccc(F)cc5)CC4)ON3)cc2o1. The molecule has 1 atom stereocenters. The molecule has 162 valence electrons. The monoisotopic (exact) mass is 423 g/mol. The number of oxazole rings is 1. The number of piperidine rings is 1. The van der Waals surface area contributed by atoms with Crippen molar-refractivity contribution in [2.75, 3.05) is 19.6 Å². The molecule has 31 heavy (non-hydrogen) atoms. The third kappa shape index (κ3) is 4.73. The van der Waals surface area contributed by atoms with Crippen LogP contribution in [0.2, 0.25) is 0 Å². The molecule has 2 aliphatic heterocycles. The van der Waals surface area contributed by atoms with Crippen LogP contribution in [0, 0.1) is 11.7 Å². The summed E-state index contributed by atoms with van der Waals surface area (Å²) in [6.45, 7) is 3.17. The number of H-pyrrole nitrogens is 1. The molecule has 0 spiro atoms. The number of aromatic nitrogens is 1. The molecule has 0 bridgehead atoms. The average molecular weight is 423 g/mol. The van der Waals surface area contributed by atoms with Gasteiger partial charge < -0.3 is 9.32 Å². The van der Waals surface area contributed by atoms with Gasteiger partial charge in [-0.3, -0.25) is 15.3 Å². The molecular weight excluding hydrogens is 397 g/mol. The van der Waals surface area contributed by atoms with Crippen LogP contribution in [-0.2, 0) is 11.3 Å². The van der Waals surface area contributed by atoms with E-state index in [1.807, 2.05) is 30.3 Å². The maximum Gasteiger partial charge on any atom is 0.417 e. The van der Waals surface area contributed by atoms with Gasteiger partial charge in [0.25, 0.3) is 0 Å². The fourth-order valence-electron chi connectivity index (χ4n) is 4.48. The van der Waals surface area contributed by atoms with E-state index in [4.69, 9.17) is 9.25 Å². The van der Waals surface area contributed by atoms with Crippen LogP contribution in [0.1, 0.15) is 30.4 Å². The van der Waals surface area contributed by atoms with Gasteiger partial charge in [0, 0.05) is 12.1 Å². The normalized spacial score (nSPS) is 20.2. The van der Waals surface area contributed by atoms with Crippen LogP contribution in [0.3, 0.4) is 0 Å². The van der Waals surface area contributed by atoms with Gasteiger partial charge in [0.05, 0.1) is 11.2 Å². The molecule has 0 radical (unpaired) electrons. The Bertz CT molecular complexity index is 1130. The van der Waals surface area contributed by atoms with Crippen molar-refractivity contribution in [2.24, 2.45) is 5.92 Å². The number of hydroxylamine groups is 1. The largest absolute Gasteiger partial charge is 0.417 e. The lowest BCUT2D eigenvalue weighted by atomic mass is 9.90. The summed E-state index contributed by atoms with van der Waals surface area (Å²) in [4.78, 5) is 22.2. The summed E-state index contributed by atoms with van der Waals surface area (Å²) in [5.41, 5.74) is 7.28. The Hall–Kier alpha value is -2.90. The van der Waals surface area contributed by atoms with Gasteiger partial charge in [0.15, 0.2) is 5.58 Å². The third-order valence-corrected chi connectivity index (χ3v) is 6.28. The zero-order chi connectivity index (χ0) is 21.2. The Balaban J connectivity index is 1.10. The second-order valence-electron chi connectivity index (χ2n) is 8.47. The minimum Gasteiger partial charge on any atom is -0.408 e. The molecule has 2 aromatic carbocycles. The molecule has 1 fully saturated rings. The van der Waals surface area contributed by atoms with Gasteiger partial charge >= 0.3 is 5.76 Å². The summed E-state index contributed by atoms with van der Waals surface area (Å²) in [7, 11) is 0. The Labute approximate surface area is 179 Å². The van der Waals surface area contributed by atoms with Crippen molar-refractivity contribution in [3.8, 4) is 0 Å². The van der Waals surface area contributed by atoms with Crippen molar-refractivity contribution in [1.82, 2.24) is 15.4 Å². The highest BCUT2D eigenvalue weighted by Crippen LogP contribution is 2.25. The van der Waals surface area contributed by atoms with Crippen LogP contribution in [0.15, 0.2) is 57.8 Å². The van der Waals surface area contributed by atoms with Crippen LogP contribution < -0.4 is 11.2 Å². The second-order valence-corrected chi connectivity index (χ2v) is 8.47. The van der Waals surface area contributed by atoms with E-state index in [1.54, 1.807) is 12.1 Å². The minimum atomic E-state index is -0.448. The van der Waals surface area contributed by atoms with Crippen LogP contribution in [0.5, 0.6) is 0 Å². The Morgan fingerprint density at radius 2 is 1.90 bits per heavy atom. The van der Waals surface area contributed by atoms with Crippen molar-refractivity contribution in [3.05, 3.63) is 76.0 Å². The fraction of sp³-hybridized carbons (Fsp3) is 0.375. The summed E-state index contributed by atoms with van der Waals surface area (Å²) >= 11 is 0. The third-order valence-electron chi connectivity index (χ3n) is 6.28. The molecule has 0 amide bonds. The molecule has 2 aliphatic rings. The Morgan fingerprint density at radius 3 is 2.71 bits per heavy atom. The number of hydrogen-bond acceptors (Lipinski definition) is 5. The molecule has 0 aliphatic carbocycles. The fourth-order valence-corrected chi connectivity index (χ4v) is 4.48. The molecule has 0 saturated carbocycles. The second kappa shape index (κ2) is 8.69. The predicted molar refractivity (Wildman–Crippen MR) is 117 cm³/mol. The summed E-state index contributed by atoms with van der Waals surface area (Å²) in [6.07, 6.45) is 6.39. The molecule has 3 aromatic rings. The standard InChI is InChI=1S/C24H26FN3O3/c25-19-4-1-16(2-5-19)13-17-7-10-28(11-8-17)12-9-20-15-22(27-31-20)18-3-6-21-23(14-18)30-24(29)26-21/h1-6,14-15,17,20,27H,7-13H2,(H,26,29). The summed E-state index contributed by atoms with van der Waals surface area (Å²) in [5.74, 6) is 0.0492. The van der Waals surface area contributed by atoms with E-state index in [0.29, 0.717) is 17.0 Å². The first-order valence-corrected chi connectivity index (χ1v) is 10.9. The predicted octanol–water partition coefficient (Wildman–Crippen LogP) is 3.85. The molecule has 5 rings (SSSR count). The molecular formula is C24H26FN3O3. The van der Waals surface area contributed by atoms with Crippen LogP contribution in [0.4, 0.5) is 4.39 Å². The number of likely N-dealkylation sites (tertiary alicyclic amines) is 1. The van der Waals surface area contributed by atoms with Gasteiger partial charge in [-0.05, 0) is 80.6 Å². The van der Waals surface area contributed by atoms with Crippen molar-refractivity contribution < 1.29 is 13.6 Å². The molecule has 6 nitrogen and oxygen atoms in total. The lowest BCUT2D eigenvalue weighted by Gasteiger charge is -2.32. The zero-order valence-corrected chi connectivity index (χ0v) is 17.3. The van der Waals surface area contributed by atoms with E-state index in [-0.39, 0.29) is 11.9 Å². The lowest BCUT2D eigenvalue weighted by Crippen LogP contribution is -2.36. The molecule has 3 heterocycles. The first-order valence-electron chi connectivity index (χ1n) is 10.9. The smallest absolute Gasteiger partial charge is 0.408 e. The van der Waals surface area contributed by atoms with E-state index in [2.05, 4.69) is 21.4 Å². The van der Waals surface area contributed by atoms with Gasteiger partial charge in [0.1, 0.15) is 11.9 Å². The highest BCUT2D eigenvalue weighted by atomic mass is 19.1. The van der Waals surface area contributed by atoms with Gasteiger partial charge in [-0.25, -0.2) is 9.18 Å². The number of fused-ring (bicyclic) bond motifs is 1. The summed E-state index contributed by atoms with van der Waals surface area (Å²) in [6, 6.07) is 12.5. The van der Waals surface area contributed by atoms with Crippen molar-refractivity contribution >= 4 is 16.8 Å². The van der Waals surface area contributed by atoms with E-state index < -0.39 is 5.76 Å². The first-order chi connectivity index (χ1) is 15.1. The lowest BCUT2D eigenvalue weighted by molar-refractivity contribution is 0.0377. The van der Waals surface area contributed by atoms with Crippen LogP contribution in [-0.4, -0.2) is 35.6 Å². The highest BCUT2D eigenvalue weighted by molar-refractivity contribution is 5.78. The van der Waals surface area contributed by atoms with E-state index in [0.717, 1.165) is 43.7 Å². The molecule has 1 saturated heterocycles. The van der Waals surface area contributed by atoms with Gasteiger partial charge in [-0.15, -0.1) is 0 Å². The van der Waals surface area contributed by atoms with E-state index >= 15 is 0 Å². The maximum absolute atomic E-state index is 13.1. The number of benzene rings is 2. The van der Waals surface area contributed by atoms with E-state index in [9.17, 15) is 9.18 Å². The highest BCUT2D eigenvalue weighted by Gasteiger charge is 2.22. The van der Waals surface area contributed by atoms with Crippen molar-refractivity contribution in [1.29, 1.82) is 0 Å². The minimum absolute atomic E-state index is 0.0147. The van der Waals surface area contributed by atoms with Crippen molar-refractivity contribution in [3.63, 3.8) is 0 Å². The van der Waals surface area contributed by atoms with Crippen molar-refractivity contribution in [2.45, 2.75) is 31.8 Å². The maximum atomic E-state index is 13.1. The van der Waals surface area contributed by atoms with Crippen LogP contribution >= 0.6 is 0 Å². The number of rotatable bonds is 6. The molecule has 1 aromatic heterocycles. The molecule has 7 heteroatoms. The number of aromatic amines is 1. The van der Waals surface area contributed by atoms with Gasteiger partial charge in [0.2, 0.25) is 0 Å². The van der Waals surface area contributed by atoms with Crippen LogP contribution in [0.25, 0.3) is 16.8 Å². The quantitative estimate of drug-likeness (QED) is 0.630. The summed E-state index contributed by atoms with van der Waals surface area (Å²) < 4.78 is 18.2. The summed E-state index contributed by atoms with van der Waals surface area (Å²) in [5, 5.41) is 0. The topological polar surface area (TPSA) is 70.5 Å². The van der Waals surface area contributed by atoms with E-state index in [1.165, 1.54) is 18.4 Å². The number of nitrogens with zero attached hydrogens (tertiary/aromatic N) is 1. The Kier molecular flexibility index (Phi) is 5.61. The van der Waals surface area contributed by atoms with Gasteiger partial charge in [-0.2, -0.15) is 0 Å². The molecule has 1 unspecified atom stereocenters. The number of nitrogens with one attached hydrogen (secondary N) is 2. The first kappa shape index (κ1) is 20.0. The number of hydrogen-bond donors (Lipinski definition) is 2. The zero-order valence-electron chi connectivity index (χ0n) is 17.3. The number of halogens is 1. The van der Waals surface area contributed by atoms with Gasteiger partial charge in [-0.1, -0.05) is 18.2 Å². The molecule has 2 N–H and O–H groups in total.